The molecule has 1 aromatic heterocycles. The van der Waals surface area contributed by atoms with Crippen LogP contribution in [0.1, 0.15) is 24.1 Å². The molecule has 0 aliphatic rings. The first-order chi connectivity index (χ1) is 9.22. The van der Waals surface area contributed by atoms with E-state index in [0.717, 1.165) is 12.1 Å². The number of nitrogens with zero attached hydrogens (tertiary/aromatic N) is 1. The zero-order valence-electron chi connectivity index (χ0n) is 10.7. The highest BCUT2D eigenvalue weighted by atomic mass is 35.5. The fourth-order valence-corrected chi connectivity index (χ4v) is 2.26. The van der Waals surface area contributed by atoms with Gasteiger partial charge in [-0.25, -0.2) is 4.39 Å². The van der Waals surface area contributed by atoms with Gasteiger partial charge in [-0.2, -0.15) is 0 Å². The molecule has 1 heterocycles. The van der Waals surface area contributed by atoms with Gasteiger partial charge in [0, 0.05) is 18.4 Å². The van der Waals surface area contributed by atoms with Crippen LogP contribution in [0.4, 0.5) is 4.39 Å². The molecule has 2 aromatic rings. The minimum Gasteiger partial charge on any atom is -0.310 e. The number of benzene rings is 1. The van der Waals surface area contributed by atoms with Crippen LogP contribution in [0.25, 0.3) is 0 Å². The Morgan fingerprint density at radius 2 is 2.16 bits per heavy atom. The maximum atomic E-state index is 13.9. The summed E-state index contributed by atoms with van der Waals surface area (Å²) in [4.78, 5) is 4.11. The average molecular weight is 279 g/mol. The van der Waals surface area contributed by atoms with Gasteiger partial charge in [0.05, 0.1) is 5.02 Å². The number of halogens is 2. The zero-order chi connectivity index (χ0) is 13.7. The van der Waals surface area contributed by atoms with E-state index in [1.165, 1.54) is 0 Å². The van der Waals surface area contributed by atoms with E-state index in [1.54, 1.807) is 30.6 Å². The third-order valence-electron chi connectivity index (χ3n) is 2.99. The summed E-state index contributed by atoms with van der Waals surface area (Å²) in [5.41, 5.74) is 1.66. The molecule has 0 spiro atoms. The molecule has 0 saturated heterocycles. The third-order valence-corrected chi connectivity index (χ3v) is 3.28. The first kappa shape index (κ1) is 14.0. The molecule has 0 aliphatic carbocycles. The smallest absolute Gasteiger partial charge is 0.145 e. The van der Waals surface area contributed by atoms with Crippen LogP contribution in [0.15, 0.2) is 42.7 Å². The number of hydrogen-bond donors (Lipinski definition) is 1. The van der Waals surface area contributed by atoms with Crippen LogP contribution in [0, 0.1) is 5.82 Å². The summed E-state index contributed by atoms with van der Waals surface area (Å²) in [6.07, 6.45) is 4.08. The largest absolute Gasteiger partial charge is 0.310 e. The van der Waals surface area contributed by atoms with Gasteiger partial charge < -0.3 is 5.32 Å². The van der Waals surface area contributed by atoms with Crippen LogP contribution in [0.3, 0.4) is 0 Å². The lowest BCUT2D eigenvalue weighted by atomic mass is 10.00. The van der Waals surface area contributed by atoms with Gasteiger partial charge in [0.25, 0.3) is 0 Å². The lowest BCUT2D eigenvalue weighted by molar-refractivity contribution is 0.527. The summed E-state index contributed by atoms with van der Waals surface area (Å²) in [6, 6.07) is 9.00. The molecule has 0 fully saturated rings. The van der Waals surface area contributed by atoms with Gasteiger partial charge in [-0.3, -0.25) is 4.98 Å². The quantitative estimate of drug-likeness (QED) is 0.901. The van der Waals surface area contributed by atoms with Gasteiger partial charge in [0.2, 0.25) is 0 Å². The highest BCUT2D eigenvalue weighted by Crippen LogP contribution is 2.23. The first-order valence-corrected chi connectivity index (χ1v) is 6.66. The first-order valence-electron chi connectivity index (χ1n) is 6.28. The highest BCUT2D eigenvalue weighted by molar-refractivity contribution is 6.30. The summed E-state index contributed by atoms with van der Waals surface area (Å²) in [7, 11) is 0. The Morgan fingerprint density at radius 3 is 2.84 bits per heavy atom. The Balaban J connectivity index is 2.24. The van der Waals surface area contributed by atoms with E-state index in [-0.39, 0.29) is 16.9 Å². The Labute approximate surface area is 117 Å². The number of rotatable bonds is 5. The molecule has 19 heavy (non-hydrogen) atoms. The van der Waals surface area contributed by atoms with Crippen LogP contribution >= 0.6 is 11.6 Å². The number of likely N-dealkylation sites (N-methyl/N-ethyl adjacent to an activating group) is 1. The van der Waals surface area contributed by atoms with Gasteiger partial charge in [-0.15, -0.1) is 0 Å². The minimum absolute atomic E-state index is 0.0340. The summed E-state index contributed by atoms with van der Waals surface area (Å²) < 4.78 is 13.9. The number of pyridine rings is 1. The Hall–Kier alpha value is -1.45. The summed E-state index contributed by atoms with van der Waals surface area (Å²) in [6.45, 7) is 2.83. The van der Waals surface area contributed by atoms with Crippen molar-refractivity contribution < 1.29 is 4.39 Å². The lowest BCUT2D eigenvalue weighted by Crippen LogP contribution is -2.23. The molecular formula is C15H16ClFN2. The van der Waals surface area contributed by atoms with Crippen LogP contribution in [-0.2, 0) is 6.42 Å². The van der Waals surface area contributed by atoms with E-state index in [2.05, 4.69) is 10.3 Å². The molecule has 2 nitrogen and oxygen atoms in total. The standard InChI is InChI=1S/C15H16ClFN2/c1-2-19-14(12-6-4-8-18-10-12)9-11-5-3-7-13(16)15(11)17/h3-8,10,14,19H,2,9H2,1H3. The van der Waals surface area contributed by atoms with Crippen molar-refractivity contribution in [1.82, 2.24) is 10.3 Å². The van der Waals surface area contributed by atoms with Crippen molar-refractivity contribution in [3.63, 3.8) is 0 Å². The SMILES string of the molecule is CCNC(Cc1cccc(Cl)c1F)c1cccnc1. The van der Waals surface area contributed by atoms with Crippen molar-refractivity contribution in [3.8, 4) is 0 Å². The van der Waals surface area contributed by atoms with Crippen LogP contribution in [-0.4, -0.2) is 11.5 Å². The monoisotopic (exact) mass is 278 g/mol. The molecule has 0 saturated carbocycles. The number of nitrogens with one attached hydrogen (secondary N) is 1. The maximum absolute atomic E-state index is 13.9. The van der Waals surface area contributed by atoms with Crippen LogP contribution < -0.4 is 5.32 Å². The molecule has 0 radical (unpaired) electrons. The Kier molecular flexibility index (Phi) is 4.88. The minimum atomic E-state index is -0.337. The summed E-state index contributed by atoms with van der Waals surface area (Å²) >= 11 is 5.81. The molecule has 1 unspecified atom stereocenters. The van der Waals surface area contributed by atoms with Crippen LogP contribution in [0.5, 0.6) is 0 Å². The van der Waals surface area contributed by atoms with Crippen molar-refractivity contribution in [2.75, 3.05) is 6.54 Å². The van der Waals surface area contributed by atoms with E-state index < -0.39 is 0 Å². The number of hydrogen-bond acceptors (Lipinski definition) is 2. The van der Waals surface area contributed by atoms with E-state index >= 15 is 0 Å². The van der Waals surface area contributed by atoms with E-state index in [9.17, 15) is 4.39 Å². The Bertz CT molecular complexity index is 531. The number of aromatic nitrogens is 1. The lowest BCUT2D eigenvalue weighted by Gasteiger charge is -2.18. The molecule has 0 amide bonds. The van der Waals surface area contributed by atoms with Crippen molar-refractivity contribution >= 4 is 11.6 Å². The molecule has 100 valence electrons. The molecule has 1 atom stereocenters. The fourth-order valence-electron chi connectivity index (χ4n) is 2.06. The average Bonchev–Trinajstić information content (AvgIpc) is 2.44. The van der Waals surface area contributed by atoms with Crippen molar-refractivity contribution in [2.45, 2.75) is 19.4 Å². The van der Waals surface area contributed by atoms with Crippen LogP contribution in [0.2, 0.25) is 5.02 Å². The van der Waals surface area contributed by atoms with E-state index in [0.29, 0.717) is 12.0 Å². The second-order valence-corrected chi connectivity index (χ2v) is 4.72. The third kappa shape index (κ3) is 3.52. The van der Waals surface area contributed by atoms with E-state index in [1.807, 2.05) is 19.1 Å². The topological polar surface area (TPSA) is 24.9 Å². The van der Waals surface area contributed by atoms with Crippen molar-refractivity contribution in [2.24, 2.45) is 0 Å². The van der Waals surface area contributed by atoms with Gasteiger partial charge in [0.1, 0.15) is 5.82 Å². The van der Waals surface area contributed by atoms with Gasteiger partial charge in [-0.1, -0.05) is 36.7 Å². The summed E-state index contributed by atoms with van der Waals surface area (Å²) in [5.74, 6) is -0.337. The molecule has 0 aliphatic heterocycles. The van der Waals surface area contributed by atoms with Crippen molar-refractivity contribution in [1.29, 1.82) is 0 Å². The van der Waals surface area contributed by atoms with Gasteiger partial charge >= 0.3 is 0 Å². The molecule has 4 heteroatoms. The molecule has 2 rings (SSSR count). The van der Waals surface area contributed by atoms with Gasteiger partial charge in [0.15, 0.2) is 0 Å². The van der Waals surface area contributed by atoms with Crippen molar-refractivity contribution in [3.05, 3.63) is 64.7 Å². The van der Waals surface area contributed by atoms with Gasteiger partial charge in [-0.05, 0) is 36.2 Å². The molecule has 1 aromatic carbocycles. The predicted molar refractivity (Wildman–Crippen MR) is 75.8 cm³/mol. The Morgan fingerprint density at radius 1 is 1.32 bits per heavy atom. The summed E-state index contributed by atoms with van der Waals surface area (Å²) in [5, 5.41) is 3.51. The predicted octanol–water partition coefficient (Wildman–Crippen LogP) is 3.77. The second-order valence-electron chi connectivity index (χ2n) is 4.31. The zero-order valence-corrected chi connectivity index (χ0v) is 11.5. The van der Waals surface area contributed by atoms with E-state index in [4.69, 9.17) is 11.6 Å². The molecular weight excluding hydrogens is 263 g/mol. The molecule has 1 N–H and O–H groups in total. The maximum Gasteiger partial charge on any atom is 0.145 e. The fraction of sp³-hybridized carbons (Fsp3) is 0.267. The highest BCUT2D eigenvalue weighted by Gasteiger charge is 2.15. The second kappa shape index (κ2) is 6.64. The molecule has 0 bridgehead atoms. The normalized spacial score (nSPS) is 12.4.